The van der Waals surface area contributed by atoms with Crippen LogP contribution in [0.4, 0.5) is 8.78 Å². The molecule has 1 aliphatic rings. The van der Waals surface area contributed by atoms with E-state index in [4.69, 9.17) is 23.2 Å². The maximum absolute atomic E-state index is 15.9. The molecule has 1 saturated heterocycles. The molecule has 1 fully saturated rings. The minimum Gasteiger partial charge on any atom is -0.593 e. The number of carbonyl (C=O) groups excluding carboxylic acids is 1. The van der Waals surface area contributed by atoms with Crippen LogP contribution in [0.1, 0.15) is 50.2 Å². The number of hydrogen-bond acceptors (Lipinski definition) is 7. The molecule has 4 rings (SSSR count). The molecule has 6 atom stereocenters. The molecule has 47 heavy (non-hydrogen) atoms. The summed E-state index contributed by atoms with van der Waals surface area (Å²) in [5.74, 6) is -3.48. The van der Waals surface area contributed by atoms with E-state index in [1.807, 2.05) is 19.9 Å². The number of aliphatic hydroxyl groups is 2. The molecule has 13 heteroatoms. The van der Waals surface area contributed by atoms with Crippen molar-refractivity contribution in [1.82, 2.24) is 15.4 Å². The van der Waals surface area contributed by atoms with Crippen LogP contribution in [0.15, 0.2) is 71.6 Å². The number of amides is 1. The second-order valence-corrected chi connectivity index (χ2v) is 14.6. The molecule has 1 unspecified atom stereocenters. The van der Waals surface area contributed by atoms with Crippen LogP contribution in [-0.4, -0.2) is 58.6 Å². The third-order valence-electron chi connectivity index (χ3n) is 8.65. The third-order valence-corrected chi connectivity index (χ3v) is 10.3. The van der Waals surface area contributed by atoms with E-state index in [0.29, 0.717) is 17.9 Å². The van der Waals surface area contributed by atoms with Gasteiger partial charge in [0.25, 0.3) is 0 Å². The van der Waals surface area contributed by atoms with E-state index >= 15 is 8.78 Å². The standard InChI is InChI=1S/C34H38Cl2F2N4O4S/c1-33(2,14-16-41-47(46)23-7-4-3-5-8-23)18-28-34(20-39,25-12-11-21(35)17-27(25)37)29(24-9-6-10-26(36)30(24)38)31(42-28)32(45)40-15-13-22(44)19-43/h3-12,17,22,28-29,31,41-44H,13-16,18-19H2,1-2H3,(H,40,45)/t22-,28-,29-,31+,34-,47?/m0/s1. The zero-order chi connectivity index (χ0) is 34.4. The number of nitriles is 1. The molecule has 5 N–H and O–H groups in total. The Hall–Kier alpha value is -2.79. The van der Waals surface area contributed by atoms with Gasteiger partial charge in [-0.1, -0.05) is 73.4 Å². The van der Waals surface area contributed by atoms with E-state index < -0.39 is 70.4 Å². The lowest BCUT2D eigenvalue weighted by Gasteiger charge is -2.38. The van der Waals surface area contributed by atoms with Crippen molar-refractivity contribution in [2.45, 2.75) is 67.5 Å². The molecule has 0 aliphatic carbocycles. The molecule has 3 aromatic carbocycles. The third kappa shape index (κ3) is 8.45. The van der Waals surface area contributed by atoms with Crippen LogP contribution in [-0.2, 0) is 21.6 Å². The molecule has 1 heterocycles. The predicted octanol–water partition coefficient (Wildman–Crippen LogP) is 5.14. The fraction of sp³-hybridized carbons (Fsp3) is 0.412. The molecular formula is C34H38Cl2F2N4O4S. The zero-order valence-electron chi connectivity index (χ0n) is 26.0. The number of hydrogen-bond donors (Lipinski definition) is 5. The summed E-state index contributed by atoms with van der Waals surface area (Å²) >= 11 is 10.9. The highest BCUT2D eigenvalue weighted by Gasteiger charge is 2.61. The topological polar surface area (TPSA) is 140 Å². The molecule has 0 bridgehead atoms. The van der Waals surface area contributed by atoms with Crippen molar-refractivity contribution in [3.63, 3.8) is 0 Å². The van der Waals surface area contributed by atoms with Crippen LogP contribution in [0.25, 0.3) is 0 Å². The van der Waals surface area contributed by atoms with Crippen molar-refractivity contribution in [2.24, 2.45) is 5.41 Å². The Balaban J connectivity index is 1.75. The van der Waals surface area contributed by atoms with Crippen molar-refractivity contribution in [2.75, 3.05) is 19.7 Å². The van der Waals surface area contributed by atoms with Crippen molar-refractivity contribution in [3.05, 3.63) is 99.5 Å². The first-order valence-corrected chi connectivity index (χ1v) is 17.1. The predicted molar refractivity (Wildman–Crippen MR) is 178 cm³/mol. The Morgan fingerprint density at radius 3 is 2.53 bits per heavy atom. The molecular weight excluding hydrogens is 669 g/mol. The minimum atomic E-state index is -1.83. The average molecular weight is 708 g/mol. The molecule has 0 saturated carbocycles. The maximum atomic E-state index is 15.9. The lowest BCUT2D eigenvalue weighted by molar-refractivity contribution is -0.123. The van der Waals surface area contributed by atoms with Gasteiger partial charge in [0, 0.05) is 35.6 Å². The van der Waals surface area contributed by atoms with Gasteiger partial charge in [0.1, 0.15) is 17.0 Å². The summed E-state index contributed by atoms with van der Waals surface area (Å²) in [6, 6.07) is 17.3. The quantitative estimate of drug-likeness (QED) is 0.146. The Morgan fingerprint density at radius 1 is 1.15 bits per heavy atom. The average Bonchev–Trinajstić information content (AvgIpc) is 3.35. The fourth-order valence-electron chi connectivity index (χ4n) is 6.27. The highest BCUT2D eigenvalue weighted by molar-refractivity contribution is 7.89. The van der Waals surface area contributed by atoms with Gasteiger partial charge in [-0.05, 0) is 60.6 Å². The van der Waals surface area contributed by atoms with Crippen LogP contribution < -0.4 is 15.4 Å². The van der Waals surface area contributed by atoms with Gasteiger partial charge >= 0.3 is 0 Å². The first-order valence-electron chi connectivity index (χ1n) is 15.2. The number of nitrogens with zero attached hydrogens (tertiary/aromatic N) is 1. The van der Waals surface area contributed by atoms with Crippen LogP contribution in [0, 0.1) is 28.4 Å². The first-order chi connectivity index (χ1) is 22.3. The summed E-state index contributed by atoms with van der Waals surface area (Å²) in [6.07, 6.45) is -0.296. The number of rotatable bonds is 14. The second kappa shape index (κ2) is 16.1. The number of aliphatic hydroxyl groups excluding tert-OH is 2. The summed E-state index contributed by atoms with van der Waals surface area (Å²) in [7, 11) is 0. The van der Waals surface area contributed by atoms with Crippen LogP contribution in [0.5, 0.6) is 0 Å². The highest BCUT2D eigenvalue weighted by Crippen LogP contribution is 2.53. The number of benzene rings is 3. The normalized spacial score (nSPS) is 22.4. The minimum absolute atomic E-state index is 0.0151. The maximum Gasteiger partial charge on any atom is 0.237 e. The molecule has 0 radical (unpaired) electrons. The van der Waals surface area contributed by atoms with E-state index in [9.17, 15) is 24.8 Å². The zero-order valence-corrected chi connectivity index (χ0v) is 28.3. The Bertz CT molecular complexity index is 1580. The summed E-state index contributed by atoms with van der Waals surface area (Å²) in [4.78, 5) is 14.4. The Labute approximate surface area is 286 Å². The van der Waals surface area contributed by atoms with Gasteiger partial charge in [0.05, 0.1) is 41.2 Å². The largest absolute Gasteiger partial charge is 0.593 e. The van der Waals surface area contributed by atoms with Gasteiger partial charge in [-0.25, -0.2) is 8.78 Å². The molecule has 0 spiro atoms. The van der Waals surface area contributed by atoms with Gasteiger partial charge in [-0.2, -0.15) is 5.26 Å². The molecule has 3 aromatic rings. The monoisotopic (exact) mass is 706 g/mol. The summed E-state index contributed by atoms with van der Waals surface area (Å²) < 4.78 is 47.6. The van der Waals surface area contributed by atoms with Gasteiger partial charge in [-0.15, -0.1) is 4.72 Å². The first kappa shape index (κ1) is 37.0. The number of carbonyl (C=O) groups is 1. The van der Waals surface area contributed by atoms with Crippen LogP contribution >= 0.6 is 23.2 Å². The lowest BCUT2D eigenvalue weighted by atomic mass is 9.62. The number of halogens is 4. The second-order valence-electron chi connectivity index (χ2n) is 12.4. The lowest BCUT2D eigenvalue weighted by Crippen LogP contribution is -2.46. The SMILES string of the molecule is CC(C)(CCN[S+]([O-])c1ccccc1)C[C@@H]1N[C@@H](C(=O)NCC[C@H](O)CO)[C@H](c2cccc(Cl)c2F)[C@@]1(C#N)c1ccc(Cl)cc1F. The van der Waals surface area contributed by atoms with Crippen molar-refractivity contribution in [1.29, 1.82) is 5.26 Å². The Morgan fingerprint density at radius 2 is 1.87 bits per heavy atom. The Kier molecular flexibility index (Phi) is 12.7. The van der Waals surface area contributed by atoms with Gasteiger partial charge in [0.15, 0.2) is 4.90 Å². The van der Waals surface area contributed by atoms with E-state index in [2.05, 4.69) is 21.4 Å². The van der Waals surface area contributed by atoms with Crippen LogP contribution in [0.2, 0.25) is 10.0 Å². The highest BCUT2D eigenvalue weighted by atomic mass is 35.5. The van der Waals surface area contributed by atoms with Gasteiger partial charge in [-0.3, -0.25) is 4.79 Å². The van der Waals surface area contributed by atoms with Crippen molar-refractivity contribution >= 4 is 40.5 Å². The van der Waals surface area contributed by atoms with Crippen LogP contribution in [0.3, 0.4) is 0 Å². The molecule has 1 aliphatic heterocycles. The summed E-state index contributed by atoms with van der Waals surface area (Å²) in [6.45, 7) is 3.73. The van der Waals surface area contributed by atoms with Crippen molar-refractivity contribution < 1.29 is 28.3 Å². The fourth-order valence-corrected chi connectivity index (χ4v) is 7.47. The van der Waals surface area contributed by atoms with Gasteiger partial charge in [0.2, 0.25) is 5.91 Å². The van der Waals surface area contributed by atoms with E-state index in [-0.39, 0.29) is 40.6 Å². The molecule has 252 valence electrons. The van der Waals surface area contributed by atoms with E-state index in [1.54, 1.807) is 24.3 Å². The molecule has 8 nitrogen and oxygen atoms in total. The summed E-state index contributed by atoms with van der Waals surface area (Å²) in [5.41, 5.74) is -2.50. The number of nitrogens with one attached hydrogen (secondary N) is 3. The van der Waals surface area contributed by atoms with Crippen molar-refractivity contribution in [3.8, 4) is 6.07 Å². The molecule has 0 aromatic heterocycles. The van der Waals surface area contributed by atoms with E-state index in [1.165, 1.54) is 30.3 Å². The van der Waals surface area contributed by atoms with Gasteiger partial charge < -0.3 is 25.4 Å². The smallest absolute Gasteiger partial charge is 0.237 e. The summed E-state index contributed by atoms with van der Waals surface area (Å²) in [5, 5.41) is 35.9. The van der Waals surface area contributed by atoms with E-state index in [0.717, 1.165) is 6.07 Å². The molecule has 1 amide bonds.